The van der Waals surface area contributed by atoms with Crippen molar-refractivity contribution in [3.8, 4) is 11.3 Å². The highest BCUT2D eigenvalue weighted by molar-refractivity contribution is 5.76. The molecule has 0 atom stereocenters. The van der Waals surface area contributed by atoms with Gasteiger partial charge in [0, 0.05) is 42.9 Å². The lowest BCUT2D eigenvalue weighted by molar-refractivity contribution is -0.192. The predicted octanol–water partition coefficient (Wildman–Crippen LogP) is 5.00. The summed E-state index contributed by atoms with van der Waals surface area (Å²) < 4.78 is 50.1. The Morgan fingerprint density at radius 2 is 1.81 bits per heavy atom. The van der Waals surface area contributed by atoms with Crippen LogP contribution in [0.5, 0.6) is 0 Å². The predicted molar refractivity (Wildman–Crippen MR) is 126 cm³/mol. The maximum Gasteiger partial charge on any atom is 0.490 e. The fourth-order valence-corrected chi connectivity index (χ4v) is 3.24. The molecule has 3 rings (SSSR count). The summed E-state index contributed by atoms with van der Waals surface area (Å²) in [5.41, 5.74) is 3.96. The van der Waals surface area contributed by atoms with Crippen molar-refractivity contribution < 1.29 is 36.8 Å². The van der Waals surface area contributed by atoms with Gasteiger partial charge in [-0.25, -0.2) is 9.18 Å². The van der Waals surface area contributed by atoms with Gasteiger partial charge in [-0.05, 0) is 62.2 Å². The first-order valence-electron chi connectivity index (χ1n) is 11.1. The number of anilines is 1. The minimum atomic E-state index is -5.08. The van der Waals surface area contributed by atoms with Gasteiger partial charge in [0.1, 0.15) is 5.82 Å². The molecule has 2 aromatic carbocycles. The van der Waals surface area contributed by atoms with E-state index in [1.54, 1.807) is 18.3 Å². The van der Waals surface area contributed by atoms with E-state index < -0.39 is 12.1 Å². The summed E-state index contributed by atoms with van der Waals surface area (Å²) in [7, 11) is 0. The number of amides is 1. The number of halogens is 4. The second-order valence-corrected chi connectivity index (χ2v) is 7.76. The van der Waals surface area contributed by atoms with Crippen LogP contribution in [0, 0.1) is 12.7 Å². The van der Waals surface area contributed by atoms with Gasteiger partial charge in [0.05, 0.1) is 6.20 Å². The number of benzene rings is 2. The number of aromatic nitrogens is 1. The fraction of sp³-hybridized carbons (Fsp3) is 0.320. The molecule has 0 aliphatic heterocycles. The largest absolute Gasteiger partial charge is 0.490 e. The number of likely N-dealkylation sites (N-methyl/N-ethyl adjacent to an activating group) is 1. The van der Waals surface area contributed by atoms with Crippen LogP contribution in [0.3, 0.4) is 0 Å². The molecule has 3 aromatic rings. The third kappa shape index (κ3) is 9.05. The van der Waals surface area contributed by atoms with Crippen LogP contribution in [-0.2, 0) is 16.0 Å². The van der Waals surface area contributed by atoms with E-state index in [1.165, 1.54) is 17.7 Å². The molecule has 194 valence electrons. The standard InChI is InChI=1S/C23H26FN3O2.C2HF3O2/c1-3-27(21-6-4-5-17(2)15-21)14-13-25-22(28)12-9-19-16-26-29-23(19)18-7-10-20(24)11-8-18;3-2(4,5)1(6)7/h4-8,10-11,15-16H,3,9,12-14H2,1-2H3,(H,25,28);(H,6,7). The van der Waals surface area contributed by atoms with Crippen LogP contribution in [0.25, 0.3) is 11.3 Å². The zero-order chi connectivity index (χ0) is 26.7. The number of alkyl halides is 3. The minimum absolute atomic E-state index is 0.0171. The van der Waals surface area contributed by atoms with Gasteiger partial charge in [0.25, 0.3) is 0 Å². The number of aryl methyl sites for hydroxylation is 2. The normalized spacial score (nSPS) is 10.8. The summed E-state index contributed by atoms with van der Waals surface area (Å²) in [6.07, 6.45) is -2.62. The number of aliphatic carboxylic acids is 1. The van der Waals surface area contributed by atoms with Crippen molar-refractivity contribution in [2.45, 2.75) is 32.9 Å². The number of carboxylic acids is 1. The molecule has 7 nitrogen and oxygen atoms in total. The van der Waals surface area contributed by atoms with Crippen molar-refractivity contribution in [3.63, 3.8) is 0 Å². The molecule has 0 bridgehead atoms. The van der Waals surface area contributed by atoms with E-state index in [-0.39, 0.29) is 11.7 Å². The van der Waals surface area contributed by atoms with Gasteiger partial charge in [-0.1, -0.05) is 17.3 Å². The molecule has 0 fully saturated rings. The lowest BCUT2D eigenvalue weighted by Gasteiger charge is -2.23. The first-order chi connectivity index (χ1) is 17.0. The van der Waals surface area contributed by atoms with Gasteiger partial charge < -0.3 is 19.8 Å². The lowest BCUT2D eigenvalue weighted by atomic mass is 10.1. The molecule has 1 amide bonds. The van der Waals surface area contributed by atoms with Gasteiger partial charge >= 0.3 is 12.1 Å². The Morgan fingerprint density at radius 1 is 1.14 bits per heavy atom. The summed E-state index contributed by atoms with van der Waals surface area (Å²) in [6, 6.07) is 14.4. The van der Waals surface area contributed by atoms with Gasteiger partial charge in [-0.15, -0.1) is 0 Å². The van der Waals surface area contributed by atoms with E-state index in [0.29, 0.717) is 25.1 Å². The molecule has 0 spiro atoms. The van der Waals surface area contributed by atoms with Crippen LogP contribution in [-0.4, -0.2) is 48.0 Å². The van der Waals surface area contributed by atoms with E-state index in [2.05, 4.69) is 47.4 Å². The summed E-state index contributed by atoms with van der Waals surface area (Å²) in [6.45, 7) is 6.38. The maximum absolute atomic E-state index is 13.1. The molecule has 0 unspecified atom stereocenters. The van der Waals surface area contributed by atoms with Crippen LogP contribution in [0.4, 0.5) is 23.2 Å². The lowest BCUT2D eigenvalue weighted by Crippen LogP contribution is -2.35. The third-order valence-electron chi connectivity index (χ3n) is 5.07. The third-order valence-corrected chi connectivity index (χ3v) is 5.07. The van der Waals surface area contributed by atoms with Crippen molar-refractivity contribution in [2.75, 3.05) is 24.5 Å². The molecule has 2 N–H and O–H groups in total. The average Bonchev–Trinajstić information content (AvgIpc) is 3.29. The minimum Gasteiger partial charge on any atom is -0.475 e. The number of hydrogen-bond acceptors (Lipinski definition) is 5. The zero-order valence-corrected chi connectivity index (χ0v) is 19.8. The highest BCUT2D eigenvalue weighted by atomic mass is 19.4. The van der Waals surface area contributed by atoms with Crippen LogP contribution in [0.2, 0.25) is 0 Å². The first-order valence-corrected chi connectivity index (χ1v) is 11.1. The van der Waals surface area contributed by atoms with Crippen molar-refractivity contribution >= 4 is 17.6 Å². The Hall–Kier alpha value is -3.89. The van der Waals surface area contributed by atoms with Gasteiger partial charge in [0.2, 0.25) is 5.91 Å². The second-order valence-electron chi connectivity index (χ2n) is 7.76. The number of carbonyl (C=O) groups excluding carboxylic acids is 1. The molecule has 11 heteroatoms. The van der Waals surface area contributed by atoms with E-state index in [9.17, 15) is 22.4 Å². The summed E-state index contributed by atoms with van der Waals surface area (Å²) in [4.78, 5) is 23.4. The molecule has 0 saturated carbocycles. The Kier molecular flexibility index (Phi) is 10.4. The zero-order valence-electron chi connectivity index (χ0n) is 19.8. The van der Waals surface area contributed by atoms with Gasteiger partial charge in [0.15, 0.2) is 5.76 Å². The van der Waals surface area contributed by atoms with Crippen molar-refractivity contribution in [2.24, 2.45) is 0 Å². The maximum atomic E-state index is 13.1. The Labute approximate surface area is 205 Å². The number of rotatable bonds is 9. The number of nitrogens with one attached hydrogen (secondary N) is 1. The SMILES string of the molecule is CCN(CCNC(=O)CCc1cnoc1-c1ccc(F)cc1)c1cccc(C)c1.O=C(O)C(F)(F)F. The summed E-state index contributed by atoms with van der Waals surface area (Å²) >= 11 is 0. The monoisotopic (exact) mass is 509 g/mol. The number of carboxylic acid groups (broad SMARTS) is 1. The molecule has 0 aliphatic rings. The molecule has 0 aliphatic carbocycles. The average molecular weight is 510 g/mol. The van der Waals surface area contributed by atoms with E-state index >= 15 is 0 Å². The van der Waals surface area contributed by atoms with E-state index in [4.69, 9.17) is 14.4 Å². The fourth-order valence-electron chi connectivity index (χ4n) is 3.24. The molecule has 0 saturated heterocycles. The number of nitrogens with zero attached hydrogens (tertiary/aromatic N) is 2. The highest BCUT2D eigenvalue weighted by Gasteiger charge is 2.38. The quantitative estimate of drug-likeness (QED) is 0.395. The number of carbonyl (C=O) groups is 2. The first kappa shape index (κ1) is 28.3. The molecular formula is C25H27F4N3O4. The highest BCUT2D eigenvalue weighted by Crippen LogP contribution is 2.24. The molecule has 0 radical (unpaired) electrons. The summed E-state index contributed by atoms with van der Waals surface area (Å²) in [5.74, 6) is -2.50. The molecule has 1 heterocycles. The van der Waals surface area contributed by atoms with Crippen LogP contribution >= 0.6 is 0 Å². The van der Waals surface area contributed by atoms with Crippen LogP contribution in [0.15, 0.2) is 59.3 Å². The topological polar surface area (TPSA) is 95.7 Å². The summed E-state index contributed by atoms with van der Waals surface area (Å²) in [5, 5.41) is 13.9. The van der Waals surface area contributed by atoms with E-state index in [0.717, 1.165) is 29.9 Å². The Bertz CT molecular complexity index is 1130. The Balaban J connectivity index is 0.000000572. The van der Waals surface area contributed by atoms with Gasteiger partial charge in [-0.3, -0.25) is 4.79 Å². The van der Waals surface area contributed by atoms with E-state index in [1.807, 2.05) is 6.07 Å². The smallest absolute Gasteiger partial charge is 0.475 e. The van der Waals surface area contributed by atoms with Gasteiger partial charge in [-0.2, -0.15) is 13.2 Å². The molecule has 36 heavy (non-hydrogen) atoms. The molecule has 1 aromatic heterocycles. The number of hydrogen-bond donors (Lipinski definition) is 2. The Morgan fingerprint density at radius 3 is 2.39 bits per heavy atom. The van der Waals surface area contributed by atoms with Crippen LogP contribution in [0.1, 0.15) is 24.5 Å². The van der Waals surface area contributed by atoms with Crippen molar-refractivity contribution in [1.29, 1.82) is 0 Å². The van der Waals surface area contributed by atoms with Crippen molar-refractivity contribution in [1.82, 2.24) is 10.5 Å². The van der Waals surface area contributed by atoms with Crippen molar-refractivity contribution in [3.05, 3.63) is 71.7 Å². The molecular weight excluding hydrogens is 482 g/mol. The van der Waals surface area contributed by atoms with Crippen LogP contribution < -0.4 is 10.2 Å². The second kappa shape index (κ2) is 13.3.